The van der Waals surface area contributed by atoms with E-state index in [0.29, 0.717) is 0 Å². The summed E-state index contributed by atoms with van der Waals surface area (Å²) < 4.78 is 34.7. The van der Waals surface area contributed by atoms with Gasteiger partial charge in [0.15, 0.2) is 0 Å². The summed E-state index contributed by atoms with van der Waals surface area (Å²) in [7, 11) is 2.12. The van der Waals surface area contributed by atoms with Gasteiger partial charge in [-0.15, -0.1) is 0 Å². The molecular weight excluding hydrogens is 212 g/mol. The Labute approximate surface area is 77.4 Å². The van der Waals surface area contributed by atoms with E-state index in [1.807, 2.05) is 20.8 Å². The summed E-state index contributed by atoms with van der Waals surface area (Å²) >= 11 is 0. The zero-order valence-electron chi connectivity index (χ0n) is 7.07. The lowest BCUT2D eigenvalue weighted by Gasteiger charge is -2.16. The molecule has 0 aromatic heterocycles. The molecule has 12 heavy (non-hydrogen) atoms. The van der Waals surface area contributed by atoms with E-state index in [9.17, 15) is 13.2 Å². The number of rotatable bonds is 2. The Morgan fingerprint density at radius 1 is 1.08 bits per heavy atom. The van der Waals surface area contributed by atoms with Gasteiger partial charge in [-0.25, -0.2) is 0 Å². The van der Waals surface area contributed by atoms with Crippen molar-refractivity contribution in [1.82, 2.24) is 0 Å². The molecular formula is C6H12F4S2. The van der Waals surface area contributed by atoms with Gasteiger partial charge in [-0.1, -0.05) is 42.4 Å². The molecule has 0 aromatic rings. The van der Waals surface area contributed by atoms with Crippen molar-refractivity contribution in [3.8, 4) is 0 Å². The molecule has 0 fully saturated rings. The molecule has 0 nitrogen and oxygen atoms in total. The van der Waals surface area contributed by atoms with E-state index in [-0.39, 0.29) is 9.45 Å². The van der Waals surface area contributed by atoms with Crippen LogP contribution in [0.15, 0.2) is 0 Å². The third-order valence-corrected chi connectivity index (χ3v) is 3.80. The molecule has 0 bridgehead atoms. The maximum absolute atomic E-state index is 11.6. The van der Waals surface area contributed by atoms with Crippen LogP contribution in [0.5, 0.6) is 0 Å². The third kappa shape index (κ3) is 13.0. The highest BCUT2D eigenvalue weighted by Gasteiger charge is 2.28. The van der Waals surface area contributed by atoms with Gasteiger partial charge >= 0.3 is 6.18 Å². The topological polar surface area (TPSA) is 0 Å². The number of alkyl halides is 3. The van der Waals surface area contributed by atoms with Crippen LogP contribution in [0.25, 0.3) is 0 Å². The quantitative estimate of drug-likeness (QED) is 0.515. The summed E-state index contributed by atoms with van der Waals surface area (Å²) in [4.78, 5) is 0. The Morgan fingerprint density at radius 2 is 1.50 bits per heavy atom. The zero-order valence-corrected chi connectivity index (χ0v) is 8.70. The standard InChI is InChI=1S/C6H11F3S2.FH/c1-5(2,3)11-10-4-6(7,8)9;/h4H2,1-3H3;1H. The lowest BCUT2D eigenvalue weighted by Crippen LogP contribution is -2.12. The van der Waals surface area contributed by atoms with Gasteiger partial charge in [-0.2, -0.15) is 13.2 Å². The highest BCUT2D eigenvalue weighted by molar-refractivity contribution is 8.77. The number of hydrogen-bond acceptors (Lipinski definition) is 2. The first-order valence-corrected chi connectivity index (χ1v) is 5.40. The lowest BCUT2D eigenvalue weighted by molar-refractivity contribution is -0.104. The second-order valence-corrected chi connectivity index (χ2v) is 6.20. The molecule has 6 heteroatoms. The van der Waals surface area contributed by atoms with Crippen molar-refractivity contribution in [3.63, 3.8) is 0 Å². The minimum absolute atomic E-state index is 0. The van der Waals surface area contributed by atoms with Crippen molar-refractivity contribution in [2.45, 2.75) is 31.7 Å². The van der Waals surface area contributed by atoms with Crippen LogP contribution < -0.4 is 0 Å². The molecule has 0 unspecified atom stereocenters. The molecule has 0 N–H and O–H groups in total. The van der Waals surface area contributed by atoms with Crippen LogP contribution in [-0.4, -0.2) is 16.7 Å². The molecule has 0 atom stereocenters. The van der Waals surface area contributed by atoms with Crippen LogP contribution in [0.4, 0.5) is 17.9 Å². The Kier molecular flexibility index (Phi) is 6.48. The highest BCUT2D eigenvalue weighted by atomic mass is 33.1. The molecule has 0 saturated heterocycles. The average molecular weight is 224 g/mol. The fraction of sp³-hybridized carbons (Fsp3) is 1.00. The molecule has 0 aliphatic rings. The first-order chi connectivity index (χ1) is 4.71. The van der Waals surface area contributed by atoms with Crippen molar-refractivity contribution in [2.75, 3.05) is 5.75 Å². The van der Waals surface area contributed by atoms with Gasteiger partial charge in [-0.05, 0) is 0 Å². The van der Waals surface area contributed by atoms with Gasteiger partial charge in [0, 0.05) is 4.75 Å². The van der Waals surface area contributed by atoms with E-state index in [0.717, 1.165) is 10.8 Å². The van der Waals surface area contributed by atoms with E-state index >= 15 is 0 Å². The highest BCUT2D eigenvalue weighted by Crippen LogP contribution is 2.38. The van der Waals surface area contributed by atoms with Gasteiger partial charge in [0.25, 0.3) is 0 Å². The first kappa shape index (κ1) is 14.9. The van der Waals surface area contributed by atoms with Gasteiger partial charge in [-0.3, -0.25) is 4.70 Å². The molecule has 0 radical (unpaired) electrons. The minimum Gasteiger partial charge on any atom is -0.269 e. The van der Waals surface area contributed by atoms with Crippen molar-refractivity contribution >= 4 is 21.6 Å². The predicted octanol–water partition coefficient (Wildman–Crippen LogP) is 3.88. The van der Waals surface area contributed by atoms with Gasteiger partial charge in [0.05, 0.1) is 5.75 Å². The van der Waals surface area contributed by atoms with Crippen LogP contribution in [-0.2, 0) is 0 Å². The van der Waals surface area contributed by atoms with E-state index < -0.39 is 11.9 Å². The fourth-order valence-corrected chi connectivity index (χ4v) is 2.46. The Balaban J connectivity index is 0. The molecule has 0 heterocycles. The molecule has 0 aromatic carbocycles. The van der Waals surface area contributed by atoms with Gasteiger partial charge in [0.1, 0.15) is 0 Å². The molecule has 0 amide bonds. The SMILES string of the molecule is CC(C)(C)SSCC(F)(F)F.F. The summed E-state index contributed by atoms with van der Waals surface area (Å²) in [6, 6.07) is 0. The zero-order chi connectivity index (χ0) is 9.12. The monoisotopic (exact) mass is 224 g/mol. The lowest BCUT2D eigenvalue weighted by atomic mass is 10.3. The molecule has 76 valence electrons. The normalized spacial score (nSPS) is 12.5. The molecule has 0 saturated carbocycles. The number of halogens is 4. The smallest absolute Gasteiger partial charge is 0.269 e. The largest absolute Gasteiger partial charge is 0.398 e. The van der Waals surface area contributed by atoms with E-state index in [1.54, 1.807) is 0 Å². The predicted molar refractivity (Wildman–Crippen MR) is 48.4 cm³/mol. The van der Waals surface area contributed by atoms with Crippen LogP contribution in [0.1, 0.15) is 20.8 Å². The van der Waals surface area contributed by atoms with Crippen LogP contribution >= 0.6 is 21.6 Å². The van der Waals surface area contributed by atoms with Crippen molar-refractivity contribution in [3.05, 3.63) is 0 Å². The van der Waals surface area contributed by atoms with Crippen molar-refractivity contribution in [2.24, 2.45) is 0 Å². The molecule has 0 aliphatic heterocycles. The summed E-state index contributed by atoms with van der Waals surface area (Å²) in [5, 5.41) is 0. The average Bonchev–Trinajstić information content (AvgIpc) is 1.55. The van der Waals surface area contributed by atoms with Gasteiger partial charge in [0.2, 0.25) is 0 Å². The van der Waals surface area contributed by atoms with Crippen LogP contribution in [0.2, 0.25) is 0 Å². The second-order valence-electron chi connectivity index (χ2n) is 3.07. The van der Waals surface area contributed by atoms with E-state index in [4.69, 9.17) is 0 Å². The maximum atomic E-state index is 11.6. The first-order valence-electron chi connectivity index (χ1n) is 3.08. The molecule has 0 spiro atoms. The summed E-state index contributed by atoms with van der Waals surface area (Å²) in [6.45, 7) is 5.67. The maximum Gasteiger partial charge on any atom is 0.398 e. The summed E-state index contributed by atoms with van der Waals surface area (Å²) in [5.74, 6) is -0.769. The van der Waals surface area contributed by atoms with E-state index in [1.165, 1.54) is 10.8 Å². The fourth-order valence-electron chi connectivity index (χ4n) is 0.273. The van der Waals surface area contributed by atoms with Crippen molar-refractivity contribution < 1.29 is 17.9 Å². The van der Waals surface area contributed by atoms with E-state index in [2.05, 4.69) is 0 Å². The van der Waals surface area contributed by atoms with Crippen LogP contribution in [0.3, 0.4) is 0 Å². The Bertz CT molecular complexity index is 102. The third-order valence-electron chi connectivity index (χ3n) is 0.532. The van der Waals surface area contributed by atoms with Crippen molar-refractivity contribution in [1.29, 1.82) is 0 Å². The van der Waals surface area contributed by atoms with Crippen LogP contribution in [0, 0.1) is 0 Å². The van der Waals surface area contributed by atoms with Gasteiger partial charge < -0.3 is 0 Å². The summed E-state index contributed by atoms with van der Waals surface area (Å²) in [5.41, 5.74) is 0. The second kappa shape index (κ2) is 5.21. The summed E-state index contributed by atoms with van der Waals surface area (Å²) in [6.07, 6.45) is -4.04. The molecule has 0 aliphatic carbocycles. The Morgan fingerprint density at radius 3 is 1.75 bits per heavy atom. The molecule has 0 rings (SSSR count). The minimum atomic E-state index is -4.04. The Hall–Kier alpha value is 0.420. The number of hydrogen-bond donors (Lipinski definition) is 0.